The lowest BCUT2D eigenvalue weighted by atomic mass is 10.1. The van der Waals surface area contributed by atoms with E-state index in [1.54, 1.807) is 7.11 Å². The molecule has 1 rings (SSSR count). The van der Waals surface area contributed by atoms with Gasteiger partial charge in [0.1, 0.15) is 25.2 Å². The molecule has 5 heteroatoms. The Kier molecular flexibility index (Phi) is 12.9. The summed E-state index contributed by atoms with van der Waals surface area (Å²) in [5.74, 6) is 1.89. The third-order valence-electron chi connectivity index (χ3n) is 4.60. The van der Waals surface area contributed by atoms with E-state index in [2.05, 4.69) is 43.0 Å². The molecule has 0 saturated heterocycles. The van der Waals surface area contributed by atoms with Gasteiger partial charge in [0, 0.05) is 6.54 Å². The first kappa shape index (κ1) is 24.0. The standard InChI is InChI=1S/C23H38N2O3/c1-6-8-16-27-22-18-20(3)23(21(4)19-22)28-17-12-10-9-11-14-25(7-2)15-13-24-26-5/h6,8,13,18-19H,7,9-12,14-17H2,1-5H3/b8-6+,24-13+. The summed E-state index contributed by atoms with van der Waals surface area (Å²) in [4.78, 5) is 7.07. The van der Waals surface area contributed by atoms with Gasteiger partial charge in [-0.1, -0.05) is 37.1 Å². The normalized spacial score (nSPS) is 11.6. The molecule has 0 radical (unpaired) electrons. The summed E-state index contributed by atoms with van der Waals surface area (Å²) < 4.78 is 11.8. The van der Waals surface area contributed by atoms with E-state index in [0.29, 0.717) is 6.61 Å². The second-order valence-corrected chi connectivity index (χ2v) is 6.89. The lowest BCUT2D eigenvalue weighted by molar-refractivity contribution is 0.212. The minimum absolute atomic E-state index is 0.601. The van der Waals surface area contributed by atoms with Crippen molar-refractivity contribution in [3.63, 3.8) is 0 Å². The number of aryl methyl sites for hydroxylation is 2. The summed E-state index contributed by atoms with van der Waals surface area (Å²) in [7, 11) is 1.57. The highest BCUT2D eigenvalue weighted by atomic mass is 16.6. The van der Waals surface area contributed by atoms with E-state index in [1.165, 1.54) is 19.3 Å². The Morgan fingerprint density at radius 3 is 2.39 bits per heavy atom. The predicted molar refractivity (Wildman–Crippen MR) is 118 cm³/mol. The van der Waals surface area contributed by atoms with Gasteiger partial charge in [-0.05, 0) is 70.0 Å². The zero-order valence-corrected chi connectivity index (χ0v) is 18.4. The van der Waals surface area contributed by atoms with Crippen LogP contribution in [0.25, 0.3) is 0 Å². The molecule has 0 heterocycles. The van der Waals surface area contributed by atoms with Crippen molar-refractivity contribution < 1.29 is 14.3 Å². The SMILES string of the molecule is C/C=C/COc1cc(C)c(OCCCCCCN(CC)C/C=N/OC)c(C)c1. The van der Waals surface area contributed by atoms with E-state index < -0.39 is 0 Å². The number of nitrogens with zero attached hydrogens (tertiary/aromatic N) is 2. The highest BCUT2D eigenvalue weighted by Gasteiger charge is 2.07. The topological polar surface area (TPSA) is 43.3 Å². The Bertz CT molecular complexity index is 577. The van der Waals surface area contributed by atoms with Gasteiger partial charge in [0.15, 0.2) is 0 Å². The molecule has 158 valence electrons. The van der Waals surface area contributed by atoms with Crippen LogP contribution in [0.3, 0.4) is 0 Å². The number of oxime groups is 1. The van der Waals surface area contributed by atoms with Crippen LogP contribution >= 0.6 is 0 Å². The van der Waals surface area contributed by atoms with Crippen molar-refractivity contribution >= 4 is 6.21 Å². The number of hydrogen-bond acceptors (Lipinski definition) is 5. The van der Waals surface area contributed by atoms with Gasteiger partial charge in [0.05, 0.1) is 12.8 Å². The molecule has 1 aromatic rings. The van der Waals surface area contributed by atoms with Gasteiger partial charge < -0.3 is 14.3 Å². The lowest BCUT2D eigenvalue weighted by Gasteiger charge is -2.17. The summed E-state index contributed by atoms with van der Waals surface area (Å²) in [6, 6.07) is 4.11. The van der Waals surface area contributed by atoms with Crippen LogP contribution in [0.2, 0.25) is 0 Å². The number of unbranched alkanes of at least 4 members (excludes halogenated alkanes) is 3. The van der Waals surface area contributed by atoms with Crippen LogP contribution in [0.5, 0.6) is 11.5 Å². The summed E-state index contributed by atoms with van der Waals surface area (Å²) in [5.41, 5.74) is 2.26. The van der Waals surface area contributed by atoms with Gasteiger partial charge in [0.2, 0.25) is 0 Å². The van der Waals surface area contributed by atoms with Crippen LogP contribution in [0, 0.1) is 13.8 Å². The van der Waals surface area contributed by atoms with E-state index >= 15 is 0 Å². The highest BCUT2D eigenvalue weighted by molar-refractivity contribution is 5.58. The zero-order chi connectivity index (χ0) is 20.6. The summed E-state index contributed by atoms with van der Waals surface area (Å²) >= 11 is 0. The van der Waals surface area contributed by atoms with Gasteiger partial charge >= 0.3 is 0 Å². The minimum atomic E-state index is 0.601. The molecule has 0 unspecified atom stereocenters. The van der Waals surface area contributed by atoms with Crippen LogP contribution in [0.4, 0.5) is 0 Å². The molecule has 5 nitrogen and oxygen atoms in total. The van der Waals surface area contributed by atoms with Crippen molar-refractivity contribution in [2.24, 2.45) is 5.16 Å². The van der Waals surface area contributed by atoms with Gasteiger partial charge in [-0.2, -0.15) is 0 Å². The Hall–Kier alpha value is -2.01. The van der Waals surface area contributed by atoms with Crippen molar-refractivity contribution in [1.82, 2.24) is 4.90 Å². The third kappa shape index (κ3) is 9.79. The van der Waals surface area contributed by atoms with Crippen LogP contribution in [-0.4, -0.2) is 51.1 Å². The molecular weight excluding hydrogens is 352 g/mol. The molecule has 0 atom stereocenters. The molecule has 0 saturated carbocycles. The quantitative estimate of drug-likeness (QED) is 0.180. The van der Waals surface area contributed by atoms with Gasteiger partial charge in [-0.15, -0.1) is 0 Å². The van der Waals surface area contributed by atoms with Crippen LogP contribution in [0.15, 0.2) is 29.4 Å². The van der Waals surface area contributed by atoms with Crippen molar-refractivity contribution in [1.29, 1.82) is 0 Å². The average molecular weight is 391 g/mol. The van der Waals surface area contributed by atoms with E-state index in [9.17, 15) is 0 Å². The second kappa shape index (κ2) is 15.0. The number of rotatable bonds is 15. The molecule has 0 aromatic heterocycles. The maximum Gasteiger partial charge on any atom is 0.125 e. The Balaban J connectivity index is 2.26. The summed E-state index contributed by atoms with van der Waals surface area (Å²) in [6.45, 7) is 12.7. The van der Waals surface area contributed by atoms with Crippen LogP contribution < -0.4 is 9.47 Å². The maximum absolute atomic E-state index is 6.05. The summed E-state index contributed by atoms with van der Waals surface area (Å²) in [5, 5.41) is 3.80. The number of allylic oxidation sites excluding steroid dienone is 1. The van der Waals surface area contributed by atoms with Crippen molar-refractivity contribution in [3.05, 3.63) is 35.4 Å². The fourth-order valence-electron chi connectivity index (χ4n) is 3.03. The molecule has 0 aliphatic heterocycles. The fourth-order valence-corrected chi connectivity index (χ4v) is 3.03. The molecule has 0 bridgehead atoms. The Labute approximate surface area is 171 Å². The van der Waals surface area contributed by atoms with Gasteiger partial charge in [-0.25, -0.2) is 0 Å². The Morgan fingerprint density at radius 2 is 1.75 bits per heavy atom. The lowest BCUT2D eigenvalue weighted by Crippen LogP contribution is -2.26. The second-order valence-electron chi connectivity index (χ2n) is 6.89. The van der Waals surface area contributed by atoms with Gasteiger partial charge in [0.25, 0.3) is 0 Å². The number of ether oxygens (including phenoxy) is 2. The van der Waals surface area contributed by atoms with Crippen LogP contribution in [0.1, 0.15) is 50.7 Å². The minimum Gasteiger partial charge on any atom is -0.493 e. The predicted octanol–water partition coefficient (Wildman–Crippen LogP) is 5.15. The molecule has 0 spiro atoms. The highest BCUT2D eigenvalue weighted by Crippen LogP contribution is 2.28. The monoisotopic (exact) mass is 390 g/mol. The molecule has 28 heavy (non-hydrogen) atoms. The number of hydrogen-bond donors (Lipinski definition) is 0. The average Bonchev–Trinajstić information content (AvgIpc) is 2.67. The maximum atomic E-state index is 6.05. The smallest absolute Gasteiger partial charge is 0.125 e. The van der Waals surface area contributed by atoms with E-state index in [0.717, 1.165) is 55.3 Å². The third-order valence-corrected chi connectivity index (χ3v) is 4.60. The fraction of sp³-hybridized carbons (Fsp3) is 0.609. The first-order valence-corrected chi connectivity index (χ1v) is 10.4. The zero-order valence-electron chi connectivity index (χ0n) is 18.4. The van der Waals surface area contributed by atoms with Crippen molar-refractivity contribution in [3.8, 4) is 11.5 Å². The number of benzene rings is 1. The van der Waals surface area contributed by atoms with E-state index in [4.69, 9.17) is 14.3 Å². The molecule has 0 amide bonds. The van der Waals surface area contributed by atoms with Crippen molar-refractivity contribution in [2.75, 3.05) is 40.0 Å². The molecular formula is C23H38N2O3. The summed E-state index contributed by atoms with van der Waals surface area (Å²) in [6.07, 6.45) is 10.5. The van der Waals surface area contributed by atoms with Crippen molar-refractivity contribution in [2.45, 2.75) is 53.4 Å². The molecule has 0 aliphatic carbocycles. The molecule has 0 N–H and O–H groups in total. The largest absolute Gasteiger partial charge is 0.493 e. The van der Waals surface area contributed by atoms with Gasteiger partial charge in [-0.3, -0.25) is 4.90 Å². The first-order valence-electron chi connectivity index (χ1n) is 10.4. The molecule has 1 aromatic carbocycles. The molecule has 0 fully saturated rings. The molecule has 0 aliphatic rings. The Morgan fingerprint density at radius 1 is 1.04 bits per heavy atom. The van der Waals surface area contributed by atoms with E-state index in [1.807, 2.05) is 25.3 Å². The van der Waals surface area contributed by atoms with Crippen LogP contribution in [-0.2, 0) is 4.84 Å². The first-order chi connectivity index (χ1) is 13.6. The van der Waals surface area contributed by atoms with E-state index in [-0.39, 0.29) is 0 Å².